The Balaban J connectivity index is 1.91. The highest BCUT2D eigenvalue weighted by molar-refractivity contribution is 6.31. The molecule has 2 rings (SSSR count). The molecule has 6 heteroatoms. The van der Waals surface area contributed by atoms with Crippen molar-refractivity contribution in [1.82, 2.24) is 0 Å². The minimum atomic E-state index is -0.407. The molecule has 1 aromatic rings. The van der Waals surface area contributed by atoms with Crippen molar-refractivity contribution in [2.24, 2.45) is 0 Å². The third-order valence-electron chi connectivity index (χ3n) is 3.21. The van der Waals surface area contributed by atoms with E-state index < -0.39 is 4.92 Å². The third kappa shape index (κ3) is 4.08. The number of anilines is 1. The largest absolute Gasteiger partial charge is 0.379 e. The molecule has 1 N–H and O–H groups in total. The molecule has 5 nitrogen and oxygen atoms in total. The maximum absolute atomic E-state index is 10.9. The van der Waals surface area contributed by atoms with Gasteiger partial charge in [0.2, 0.25) is 0 Å². The quantitative estimate of drug-likeness (QED) is 0.662. The molecule has 0 saturated carbocycles. The van der Waals surface area contributed by atoms with Crippen LogP contribution < -0.4 is 5.32 Å². The highest BCUT2D eigenvalue weighted by Gasteiger charge is 2.16. The van der Waals surface area contributed by atoms with Gasteiger partial charge >= 0.3 is 0 Å². The van der Waals surface area contributed by atoms with Crippen molar-refractivity contribution in [3.05, 3.63) is 33.3 Å². The summed E-state index contributed by atoms with van der Waals surface area (Å²) in [5.74, 6) is 0. The van der Waals surface area contributed by atoms with Crippen molar-refractivity contribution < 1.29 is 9.66 Å². The lowest BCUT2D eigenvalue weighted by Gasteiger charge is -2.22. The van der Waals surface area contributed by atoms with Crippen LogP contribution in [0.4, 0.5) is 11.4 Å². The summed E-state index contributed by atoms with van der Waals surface area (Å²) in [4.78, 5) is 10.5. The summed E-state index contributed by atoms with van der Waals surface area (Å²) < 4.78 is 5.62. The van der Waals surface area contributed by atoms with E-state index in [4.69, 9.17) is 16.3 Å². The zero-order valence-electron chi connectivity index (χ0n) is 10.6. The van der Waals surface area contributed by atoms with Crippen LogP contribution in [0.3, 0.4) is 0 Å². The lowest BCUT2D eigenvalue weighted by atomic mass is 10.1. The van der Waals surface area contributed by atoms with Gasteiger partial charge in [-0.25, -0.2) is 0 Å². The summed E-state index contributed by atoms with van der Waals surface area (Å²) in [5.41, 5.74) is 0.516. The number of hydrogen-bond acceptors (Lipinski definition) is 4. The minimum absolute atomic E-state index is 0.0500. The maximum Gasteiger partial charge on any atom is 0.292 e. The summed E-state index contributed by atoms with van der Waals surface area (Å²) in [5, 5.41) is 14.5. The number of nitro groups is 1. The number of rotatable bonds is 5. The van der Waals surface area contributed by atoms with Gasteiger partial charge in [-0.15, -0.1) is 0 Å². The molecule has 1 aliphatic heterocycles. The fraction of sp³-hybridized carbons (Fsp3) is 0.538. The normalized spacial score (nSPS) is 19.1. The van der Waals surface area contributed by atoms with Crippen LogP contribution in [0.25, 0.3) is 0 Å². The SMILES string of the molecule is O=[N+]([O-])c1ccc(Cl)cc1NCCC1CCCCO1. The molecule has 0 spiro atoms. The van der Waals surface area contributed by atoms with E-state index in [0.29, 0.717) is 17.3 Å². The van der Waals surface area contributed by atoms with Gasteiger partial charge in [0.05, 0.1) is 11.0 Å². The number of ether oxygens (including phenoxy) is 1. The van der Waals surface area contributed by atoms with Gasteiger partial charge in [0.15, 0.2) is 0 Å². The molecule has 0 amide bonds. The Labute approximate surface area is 117 Å². The van der Waals surface area contributed by atoms with Gasteiger partial charge < -0.3 is 10.1 Å². The van der Waals surface area contributed by atoms with Crippen LogP contribution in [-0.4, -0.2) is 24.2 Å². The van der Waals surface area contributed by atoms with Crippen LogP contribution in [0.5, 0.6) is 0 Å². The summed E-state index contributed by atoms with van der Waals surface area (Å²) in [6.45, 7) is 1.47. The molecular formula is C13H17ClN2O3. The van der Waals surface area contributed by atoms with Crippen molar-refractivity contribution in [3.8, 4) is 0 Å². The average molecular weight is 285 g/mol. The second kappa shape index (κ2) is 6.73. The highest BCUT2D eigenvalue weighted by atomic mass is 35.5. The Kier molecular flexibility index (Phi) is 4.99. The topological polar surface area (TPSA) is 64.4 Å². The second-order valence-electron chi connectivity index (χ2n) is 4.62. The number of nitrogens with zero attached hydrogens (tertiary/aromatic N) is 1. The zero-order chi connectivity index (χ0) is 13.7. The van der Waals surface area contributed by atoms with E-state index >= 15 is 0 Å². The fourth-order valence-electron chi connectivity index (χ4n) is 2.21. The highest BCUT2D eigenvalue weighted by Crippen LogP contribution is 2.27. The Bertz CT molecular complexity index is 448. The Morgan fingerprint density at radius 2 is 2.32 bits per heavy atom. The number of benzene rings is 1. The van der Waals surface area contributed by atoms with Crippen LogP contribution in [0.15, 0.2) is 18.2 Å². The first-order valence-electron chi connectivity index (χ1n) is 6.46. The van der Waals surface area contributed by atoms with Crippen molar-refractivity contribution in [1.29, 1.82) is 0 Å². The average Bonchev–Trinajstić information content (AvgIpc) is 2.39. The summed E-state index contributed by atoms with van der Waals surface area (Å²) in [6, 6.07) is 4.53. The first-order valence-corrected chi connectivity index (χ1v) is 6.84. The van der Waals surface area contributed by atoms with Crippen molar-refractivity contribution >= 4 is 23.0 Å². The first-order chi connectivity index (χ1) is 9.16. The minimum Gasteiger partial charge on any atom is -0.379 e. The van der Waals surface area contributed by atoms with E-state index in [1.165, 1.54) is 18.6 Å². The predicted octanol–water partition coefficient (Wildman–Crippen LogP) is 3.62. The summed E-state index contributed by atoms with van der Waals surface area (Å²) in [6.07, 6.45) is 4.51. The Morgan fingerprint density at radius 3 is 3.00 bits per heavy atom. The van der Waals surface area contributed by atoms with Crippen LogP contribution in [-0.2, 0) is 4.74 Å². The van der Waals surface area contributed by atoms with Crippen LogP contribution in [0, 0.1) is 10.1 Å². The van der Waals surface area contributed by atoms with Gasteiger partial charge in [-0.2, -0.15) is 0 Å². The molecule has 1 fully saturated rings. The lowest BCUT2D eigenvalue weighted by Crippen LogP contribution is -2.22. The van der Waals surface area contributed by atoms with Crippen molar-refractivity contribution in [2.75, 3.05) is 18.5 Å². The van der Waals surface area contributed by atoms with Gasteiger partial charge in [0.1, 0.15) is 5.69 Å². The first kappa shape index (κ1) is 14.1. The molecule has 0 aromatic heterocycles. The van der Waals surface area contributed by atoms with E-state index in [0.717, 1.165) is 25.9 Å². The van der Waals surface area contributed by atoms with Gasteiger partial charge in [0.25, 0.3) is 5.69 Å². The molecular weight excluding hydrogens is 268 g/mol. The third-order valence-corrected chi connectivity index (χ3v) is 3.45. The van der Waals surface area contributed by atoms with Gasteiger partial charge in [-0.3, -0.25) is 10.1 Å². The summed E-state index contributed by atoms with van der Waals surface area (Å²) in [7, 11) is 0. The smallest absolute Gasteiger partial charge is 0.292 e. The summed E-state index contributed by atoms with van der Waals surface area (Å²) >= 11 is 5.86. The molecule has 0 radical (unpaired) electrons. The van der Waals surface area contributed by atoms with E-state index in [2.05, 4.69) is 5.32 Å². The molecule has 0 aliphatic carbocycles. The second-order valence-corrected chi connectivity index (χ2v) is 5.06. The monoisotopic (exact) mass is 284 g/mol. The molecule has 1 atom stereocenters. The van der Waals surface area contributed by atoms with E-state index in [-0.39, 0.29) is 11.8 Å². The van der Waals surface area contributed by atoms with Crippen LogP contribution >= 0.6 is 11.6 Å². The number of nitrogens with one attached hydrogen (secondary N) is 1. The van der Waals surface area contributed by atoms with Crippen LogP contribution in [0.1, 0.15) is 25.7 Å². The molecule has 19 heavy (non-hydrogen) atoms. The van der Waals surface area contributed by atoms with Gasteiger partial charge in [0, 0.05) is 24.2 Å². The number of halogens is 1. The molecule has 1 aliphatic rings. The predicted molar refractivity (Wildman–Crippen MR) is 74.8 cm³/mol. The zero-order valence-corrected chi connectivity index (χ0v) is 11.4. The Hall–Kier alpha value is -1.33. The molecule has 1 aromatic carbocycles. The van der Waals surface area contributed by atoms with Gasteiger partial charge in [-0.1, -0.05) is 11.6 Å². The van der Waals surface area contributed by atoms with E-state index in [1.807, 2.05) is 0 Å². The standard InChI is InChI=1S/C13H17ClN2O3/c14-10-4-5-13(16(17)18)12(9-10)15-7-6-11-3-1-2-8-19-11/h4-5,9,11,15H,1-3,6-8H2. The molecule has 1 saturated heterocycles. The van der Waals surface area contributed by atoms with Gasteiger partial charge in [-0.05, 0) is 37.8 Å². The van der Waals surface area contributed by atoms with Crippen molar-refractivity contribution in [2.45, 2.75) is 31.8 Å². The molecule has 104 valence electrons. The Morgan fingerprint density at radius 1 is 1.47 bits per heavy atom. The molecule has 1 heterocycles. The van der Waals surface area contributed by atoms with E-state index in [9.17, 15) is 10.1 Å². The molecule has 1 unspecified atom stereocenters. The number of nitro benzene ring substituents is 1. The number of hydrogen-bond donors (Lipinski definition) is 1. The lowest BCUT2D eigenvalue weighted by molar-refractivity contribution is -0.384. The van der Waals surface area contributed by atoms with Crippen molar-refractivity contribution in [3.63, 3.8) is 0 Å². The maximum atomic E-state index is 10.9. The van der Waals surface area contributed by atoms with Crippen LogP contribution in [0.2, 0.25) is 5.02 Å². The fourth-order valence-corrected chi connectivity index (χ4v) is 2.38. The van der Waals surface area contributed by atoms with E-state index in [1.54, 1.807) is 6.07 Å². The molecule has 0 bridgehead atoms.